The second-order valence-corrected chi connectivity index (χ2v) is 6.75. The minimum Gasteiger partial charge on any atom is -0.350 e. The van der Waals surface area contributed by atoms with Crippen molar-refractivity contribution in [3.05, 3.63) is 76.3 Å². The molecule has 0 aliphatic rings. The fourth-order valence-corrected chi connectivity index (χ4v) is 3.25. The molecule has 0 aliphatic heterocycles. The molecular formula is C19H21Cl2IN6. The van der Waals surface area contributed by atoms with Gasteiger partial charge in [-0.05, 0) is 36.8 Å². The number of hydrogen-bond donors (Lipinski definition) is 2. The minimum atomic E-state index is -0.0482. The van der Waals surface area contributed by atoms with Crippen LogP contribution in [0.3, 0.4) is 0 Å². The molecule has 0 radical (unpaired) electrons. The highest BCUT2D eigenvalue weighted by atomic mass is 127. The number of halogens is 3. The van der Waals surface area contributed by atoms with E-state index in [1.807, 2.05) is 54.0 Å². The Hall–Kier alpha value is -1.84. The zero-order valence-corrected chi connectivity index (χ0v) is 19.3. The number of guanidine groups is 1. The summed E-state index contributed by atoms with van der Waals surface area (Å²) in [5, 5.41) is 16.0. The van der Waals surface area contributed by atoms with Crippen LogP contribution in [0.5, 0.6) is 0 Å². The van der Waals surface area contributed by atoms with Crippen LogP contribution in [0.15, 0.2) is 59.9 Å². The van der Waals surface area contributed by atoms with Gasteiger partial charge in [-0.3, -0.25) is 9.56 Å². The first kappa shape index (κ1) is 22.4. The van der Waals surface area contributed by atoms with Gasteiger partial charge >= 0.3 is 0 Å². The third-order valence-electron chi connectivity index (χ3n) is 4.07. The molecule has 0 spiro atoms. The molecule has 0 saturated heterocycles. The first-order valence-electron chi connectivity index (χ1n) is 8.45. The van der Waals surface area contributed by atoms with Crippen LogP contribution in [0.1, 0.15) is 24.4 Å². The summed E-state index contributed by atoms with van der Waals surface area (Å²) in [6, 6.07) is 15.3. The average Bonchev–Trinajstić information content (AvgIpc) is 3.14. The Bertz CT molecular complexity index is 929. The summed E-state index contributed by atoms with van der Waals surface area (Å²) >= 11 is 12.3. The fourth-order valence-electron chi connectivity index (χ4n) is 2.68. The van der Waals surface area contributed by atoms with Crippen LogP contribution < -0.4 is 10.6 Å². The van der Waals surface area contributed by atoms with Crippen molar-refractivity contribution < 1.29 is 0 Å². The van der Waals surface area contributed by atoms with Crippen molar-refractivity contribution in [1.29, 1.82) is 0 Å². The normalized spacial score (nSPS) is 12.2. The first-order chi connectivity index (χ1) is 13.1. The van der Waals surface area contributed by atoms with Crippen molar-refractivity contribution in [3.8, 4) is 5.69 Å². The lowest BCUT2D eigenvalue weighted by Crippen LogP contribution is -2.38. The molecule has 1 heterocycles. The molecule has 28 heavy (non-hydrogen) atoms. The average molecular weight is 531 g/mol. The maximum Gasteiger partial charge on any atom is 0.191 e. The highest BCUT2D eigenvalue weighted by Crippen LogP contribution is 2.26. The highest BCUT2D eigenvalue weighted by Gasteiger charge is 2.13. The molecule has 0 aliphatic carbocycles. The van der Waals surface area contributed by atoms with Gasteiger partial charge in [-0.1, -0.05) is 47.5 Å². The van der Waals surface area contributed by atoms with E-state index in [2.05, 4.69) is 25.8 Å². The molecule has 3 aromatic rings. The van der Waals surface area contributed by atoms with Crippen LogP contribution in [0, 0.1) is 0 Å². The second-order valence-electron chi connectivity index (χ2n) is 5.91. The zero-order chi connectivity index (χ0) is 19.2. The lowest BCUT2D eigenvalue weighted by atomic mass is 10.1. The minimum absolute atomic E-state index is 0. The van der Waals surface area contributed by atoms with E-state index in [1.54, 1.807) is 19.4 Å². The summed E-state index contributed by atoms with van der Waals surface area (Å²) in [4.78, 5) is 4.27. The summed E-state index contributed by atoms with van der Waals surface area (Å²) in [6.45, 7) is 2.48. The summed E-state index contributed by atoms with van der Waals surface area (Å²) in [6.07, 6.45) is 1.69. The molecule has 9 heteroatoms. The summed E-state index contributed by atoms with van der Waals surface area (Å²) in [5.74, 6) is 1.41. The monoisotopic (exact) mass is 530 g/mol. The van der Waals surface area contributed by atoms with E-state index in [-0.39, 0.29) is 30.0 Å². The van der Waals surface area contributed by atoms with Gasteiger partial charge in [-0.25, -0.2) is 0 Å². The van der Waals surface area contributed by atoms with E-state index in [9.17, 15) is 0 Å². The molecule has 0 fully saturated rings. The van der Waals surface area contributed by atoms with Crippen molar-refractivity contribution in [1.82, 2.24) is 25.4 Å². The van der Waals surface area contributed by atoms with Gasteiger partial charge in [0.15, 0.2) is 11.8 Å². The Morgan fingerprint density at radius 2 is 1.93 bits per heavy atom. The standard InChI is InChI=1S/C19H20Cl2N6.HI/c1-13(16-9-8-14(20)10-17(16)21)25-19(22-2)23-11-18-26-24-12-27(18)15-6-4-3-5-7-15;/h3-10,12-13H,11H2,1-2H3,(H2,22,23,25);1H. The lowest BCUT2D eigenvalue weighted by molar-refractivity contribution is 0.675. The van der Waals surface area contributed by atoms with Crippen molar-refractivity contribution in [3.63, 3.8) is 0 Å². The van der Waals surface area contributed by atoms with Crippen molar-refractivity contribution in [2.75, 3.05) is 7.05 Å². The summed E-state index contributed by atoms with van der Waals surface area (Å²) in [7, 11) is 1.72. The van der Waals surface area contributed by atoms with E-state index < -0.39 is 0 Å². The number of nitrogens with zero attached hydrogens (tertiary/aromatic N) is 4. The topological polar surface area (TPSA) is 67.1 Å². The molecule has 0 saturated carbocycles. The van der Waals surface area contributed by atoms with Crippen LogP contribution in [0.2, 0.25) is 10.0 Å². The fraction of sp³-hybridized carbons (Fsp3) is 0.211. The quantitative estimate of drug-likeness (QED) is 0.287. The molecular weight excluding hydrogens is 510 g/mol. The summed E-state index contributed by atoms with van der Waals surface area (Å²) < 4.78 is 1.93. The Balaban J connectivity index is 0.00000280. The second kappa shape index (κ2) is 10.6. The maximum absolute atomic E-state index is 6.29. The van der Waals surface area contributed by atoms with Gasteiger partial charge in [0.2, 0.25) is 0 Å². The van der Waals surface area contributed by atoms with E-state index in [1.165, 1.54) is 0 Å². The third kappa shape index (κ3) is 5.59. The highest BCUT2D eigenvalue weighted by molar-refractivity contribution is 14.0. The predicted molar refractivity (Wildman–Crippen MR) is 125 cm³/mol. The van der Waals surface area contributed by atoms with Gasteiger partial charge in [-0.2, -0.15) is 0 Å². The molecule has 1 unspecified atom stereocenters. The van der Waals surface area contributed by atoms with Crippen LogP contribution in [-0.4, -0.2) is 27.8 Å². The number of hydrogen-bond acceptors (Lipinski definition) is 3. The molecule has 3 rings (SSSR count). The van der Waals surface area contributed by atoms with Gasteiger partial charge in [0.05, 0.1) is 12.6 Å². The Morgan fingerprint density at radius 1 is 1.18 bits per heavy atom. The Kier molecular flexibility index (Phi) is 8.53. The Labute approximate surface area is 191 Å². The third-order valence-corrected chi connectivity index (χ3v) is 4.63. The van der Waals surface area contributed by atoms with Crippen molar-refractivity contribution >= 4 is 53.1 Å². The van der Waals surface area contributed by atoms with Crippen LogP contribution in [-0.2, 0) is 6.54 Å². The van der Waals surface area contributed by atoms with E-state index >= 15 is 0 Å². The molecule has 148 valence electrons. The molecule has 1 atom stereocenters. The van der Waals surface area contributed by atoms with Gasteiger partial charge in [0, 0.05) is 22.8 Å². The molecule has 1 aromatic heterocycles. The molecule has 2 N–H and O–H groups in total. The number of aromatic nitrogens is 3. The van der Waals surface area contributed by atoms with Crippen LogP contribution in [0.4, 0.5) is 0 Å². The maximum atomic E-state index is 6.29. The number of para-hydroxylation sites is 1. The van der Waals surface area contributed by atoms with Gasteiger partial charge < -0.3 is 10.6 Å². The predicted octanol–water partition coefficient (Wildman–Crippen LogP) is 4.62. The Morgan fingerprint density at radius 3 is 2.61 bits per heavy atom. The van der Waals surface area contributed by atoms with E-state index in [0.29, 0.717) is 22.5 Å². The van der Waals surface area contributed by atoms with Gasteiger partial charge in [0.1, 0.15) is 6.33 Å². The lowest BCUT2D eigenvalue weighted by Gasteiger charge is -2.19. The first-order valence-corrected chi connectivity index (χ1v) is 9.20. The zero-order valence-electron chi connectivity index (χ0n) is 15.4. The van der Waals surface area contributed by atoms with Crippen molar-refractivity contribution in [2.24, 2.45) is 4.99 Å². The molecule has 0 bridgehead atoms. The van der Waals surface area contributed by atoms with Crippen LogP contribution in [0.25, 0.3) is 5.69 Å². The summed E-state index contributed by atoms with van der Waals surface area (Å²) in [5.41, 5.74) is 1.94. The number of rotatable bonds is 5. The number of aliphatic imine (C=N–C) groups is 1. The van der Waals surface area contributed by atoms with Gasteiger partial charge in [-0.15, -0.1) is 34.2 Å². The SMILES string of the molecule is CN=C(NCc1nncn1-c1ccccc1)NC(C)c1ccc(Cl)cc1Cl.I. The molecule has 0 amide bonds. The number of nitrogens with one attached hydrogen (secondary N) is 2. The van der Waals surface area contributed by atoms with E-state index in [4.69, 9.17) is 23.2 Å². The number of benzene rings is 2. The smallest absolute Gasteiger partial charge is 0.191 e. The molecule has 2 aromatic carbocycles. The van der Waals surface area contributed by atoms with Gasteiger partial charge in [0.25, 0.3) is 0 Å². The van der Waals surface area contributed by atoms with E-state index in [0.717, 1.165) is 17.1 Å². The van der Waals surface area contributed by atoms with Crippen molar-refractivity contribution in [2.45, 2.75) is 19.5 Å². The molecule has 6 nitrogen and oxygen atoms in total. The largest absolute Gasteiger partial charge is 0.350 e. The van der Waals surface area contributed by atoms with Crippen LogP contribution >= 0.6 is 47.2 Å².